The molecule has 112 valence electrons. The summed E-state index contributed by atoms with van der Waals surface area (Å²) in [5.41, 5.74) is -1.88. The standard InChI is InChI=1S/C12H6F5NO2S/c13-8-7(9(14)11(16)12(17)10(8)15)5-3-1-2-4-6(5)18-21(19)20/h1-4,18H,(H,19,20). The van der Waals surface area contributed by atoms with Gasteiger partial charge in [-0.2, -0.15) is 0 Å². The lowest BCUT2D eigenvalue weighted by Crippen LogP contribution is -2.07. The van der Waals surface area contributed by atoms with Crippen molar-refractivity contribution < 1.29 is 30.7 Å². The van der Waals surface area contributed by atoms with Crippen LogP contribution in [0.1, 0.15) is 0 Å². The van der Waals surface area contributed by atoms with Gasteiger partial charge in [-0.3, -0.25) is 9.27 Å². The smallest absolute Gasteiger partial charge is 0.259 e. The van der Waals surface area contributed by atoms with Crippen LogP contribution >= 0.6 is 0 Å². The fourth-order valence-corrected chi connectivity index (χ4v) is 2.09. The zero-order valence-corrected chi connectivity index (χ0v) is 10.8. The maximum absolute atomic E-state index is 13.7. The molecule has 0 saturated carbocycles. The van der Waals surface area contributed by atoms with E-state index >= 15 is 0 Å². The topological polar surface area (TPSA) is 49.3 Å². The van der Waals surface area contributed by atoms with E-state index in [1.807, 2.05) is 4.72 Å². The summed E-state index contributed by atoms with van der Waals surface area (Å²) in [7, 11) is 0. The Morgan fingerprint density at radius 1 is 0.857 bits per heavy atom. The highest BCUT2D eigenvalue weighted by Gasteiger charge is 2.27. The molecule has 0 bridgehead atoms. The maximum atomic E-state index is 13.7. The molecule has 0 aliphatic heterocycles. The van der Waals surface area contributed by atoms with Crippen molar-refractivity contribution in [1.29, 1.82) is 0 Å². The number of rotatable bonds is 3. The molecule has 3 nitrogen and oxygen atoms in total. The summed E-state index contributed by atoms with van der Waals surface area (Å²) in [4.78, 5) is 0. The molecule has 0 aliphatic rings. The van der Waals surface area contributed by atoms with Crippen molar-refractivity contribution in [3.8, 4) is 11.1 Å². The van der Waals surface area contributed by atoms with Gasteiger partial charge in [0.2, 0.25) is 5.82 Å². The van der Waals surface area contributed by atoms with Crippen molar-refractivity contribution >= 4 is 17.0 Å². The number of hydrogen-bond donors (Lipinski definition) is 2. The Kier molecular flexibility index (Phi) is 4.24. The average molecular weight is 323 g/mol. The summed E-state index contributed by atoms with van der Waals surface area (Å²) in [5.74, 6) is -10.5. The van der Waals surface area contributed by atoms with Crippen molar-refractivity contribution in [3.63, 3.8) is 0 Å². The Morgan fingerprint density at radius 2 is 1.33 bits per heavy atom. The first kappa shape index (κ1) is 15.4. The molecule has 0 amide bonds. The Hall–Kier alpha value is -2.00. The molecule has 0 radical (unpaired) electrons. The molecule has 2 rings (SSSR count). The number of halogens is 5. The number of nitrogens with one attached hydrogen (secondary N) is 1. The number of benzene rings is 2. The summed E-state index contributed by atoms with van der Waals surface area (Å²) in [6, 6.07) is 4.83. The quantitative estimate of drug-likeness (QED) is 0.392. The van der Waals surface area contributed by atoms with E-state index in [4.69, 9.17) is 4.55 Å². The zero-order chi connectivity index (χ0) is 15.7. The molecule has 0 spiro atoms. The minimum atomic E-state index is -2.59. The molecule has 2 aromatic carbocycles. The number of hydrogen-bond acceptors (Lipinski definition) is 1. The van der Waals surface area contributed by atoms with Crippen molar-refractivity contribution in [2.24, 2.45) is 0 Å². The lowest BCUT2D eigenvalue weighted by molar-refractivity contribution is 0.381. The van der Waals surface area contributed by atoms with Gasteiger partial charge in [0.1, 0.15) is 0 Å². The van der Waals surface area contributed by atoms with E-state index in [9.17, 15) is 26.2 Å². The van der Waals surface area contributed by atoms with E-state index in [2.05, 4.69) is 0 Å². The van der Waals surface area contributed by atoms with Gasteiger partial charge in [0, 0.05) is 5.56 Å². The van der Waals surface area contributed by atoms with Crippen LogP contribution in [0.3, 0.4) is 0 Å². The van der Waals surface area contributed by atoms with E-state index in [1.54, 1.807) is 0 Å². The van der Waals surface area contributed by atoms with E-state index in [0.717, 1.165) is 12.1 Å². The summed E-state index contributed by atoms with van der Waals surface area (Å²) in [6.07, 6.45) is 0. The Labute approximate surface area is 117 Å². The molecule has 9 heteroatoms. The molecule has 0 aliphatic carbocycles. The van der Waals surface area contributed by atoms with Crippen LogP contribution in [0.2, 0.25) is 0 Å². The normalized spacial score (nSPS) is 12.3. The summed E-state index contributed by atoms with van der Waals surface area (Å²) in [5, 5.41) is 0. The third-order valence-electron chi connectivity index (χ3n) is 2.60. The Morgan fingerprint density at radius 3 is 1.86 bits per heavy atom. The van der Waals surface area contributed by atoms with Crippen molar-refractivity contribution in [3.05, 3.63) is 53.4 Å². The van der Waals surface area contributed by atoms with Crippen LogP contribution in [-0.4, -0.2) is 8.76 Å². The zero-order valence-electron chi connectivity index (χ0n) is 9.96. The van der Waals surface area contributed by atoms with E-state index < -0.39 is 51.5 Å². The van der Waals surface area contributed by atoms with E-state index in [1.165, 1.54) is 12.1 Å². The van der Waals surface area contributed by atoms with Gasteiger partial charge in [0.25, 0.3) is 11.3 Å². The molecule has 2 aromatic rings. The van der Waals surface area contributed by atoms with Crippen molar-refractivity contribution in [1.82, 2.24) is 0 Å². The second kappa shape index (κ2) is 5.78. The molecular weight excluding hydrogens is 317 g/mol. The molecular formula is C12H6F5NO2S. The highest BCUT2D eigenvalue weighted by molar-refractivity contribution is 7.80. The monoisotopic (exact) mass is 323 g/mol. The van der Waals surface area contributed by atoms with Gasteiger partial charge in [0.05, 0.1) is 11.3 Å². The number of anilines is 1. The summed E-state index contributed by atoms with van der Waals surface area (Å²) >= 11 is -2.59. The maximum Gasteiger partial charge on any atom is 0.259 e. The number of para-hydroxylation sites is 1. The summed E-state index contributed by atoms with van der Waals surface area (Å²) < 4.78 is 88.2. The van der Waals surface area contributed by atoms with Crippen LogP contribution < -0.4 is 4.72 Å². The molecule has 0 fully saturated rings. The largest absolute Gasteiger partial charge is 0.289 e. The fraction of sp³-hybridized carbons (Fsp3) is 0. The molecule has 1 atom stereocenters. The van der Waals surface area contributed by atoms with Crippen molar-refractivity contribution in [2.75, 3.05) is 4.72 Å². The third-order valence-corrected chi connectivity index (χ3v) is 3.00. The fourth-order valence-electron chi connectivity index (χ4n) is 1.73. The molecule has 0 aromatic heterocycles. The SMILES string of the molecule is O=S(O)Nc1ccccc1-c1c(F)c(F)c(F)c(F)c1F. The third kappa shape index (κ3) is 2.74. The van der Waals surface area contributed by atoms with Crippen LogP contribution in [0.4, 0.5) is 27.6 Å². The molecule has 2 N–H and O–H groups in total. The second-order valence-electron chi connectivity index (χ2n) is 3.84. The highest BCUT2D eigenvalue weighted by Crippen LogP contribution is 2.35. The van der Waals surface area contributed by atoms with Gasteiger partial charge in [-0.15, -0.1) is 0 Å². The van der Waals surface area contributed by atoms with Gasteiger partial charge < -0.3 is 0 Å². The predicted octanol–water partition coefficient (Wildman–Crippen LogP) is 3.60. The average Bonchev–Trinajstić information content (AvgIpc) is 2.44. The van der Waals surface area contributed by atoms with Gasteiger partial charge in [0.15, 0.2) is 23.3 Å². The Bertz CT molecular complexity index is 709. The van der Waals surface area contributed by atoms with Gasteiger partial charge in [-0.05, 0) is 6.07 Å². The first-order valence-corrected chi connectivity index (χ1v) is 6.43. The van der Waals surface area contributed by atoms with Crippen LogP contribution in [0.25, 0.3) is 11.1 Å². The minimum absolute atomic E-state index is 0.262. The van der Waals surface area contributed by atoms with E-state index in [0.29, 0.717) is 0 Å². The van der Waals surface area contributed by atoms with Gasteiger partial charge in [-0.1, -0.05) is 18.2 Å². The van der Waals surface area contributed by atoms with Crippen LogP contribution in [0.15, 0.2) is 24.3 Å². The van der Waals surface area contributed by atoms with Crippen LogP contribution in [0, 0.1) is 29.1 Å². The Balaban J connectivity index is 2.77. The highest BCUT2D eigenvalue weighted by atomic mass is 32.2. The lowest BCUT2D eigenvalue weighted by Gasteiger charge is -2.12. The first-order valence-electron chi connectivity index (χ1n) is 5.33. The minimum Gasteiger partial charge on any atom is -0.289 e. The molecule has 0 heterocycles. The van der Waals surface area contributed by atoms with Gasteiger partial charge in [-0.25, -0.2) is 26.2 Å². The van der Waals surface area contributed by atoms with Crippen molar-refractivity contribution in [2.45, 2.75) is 0 Å². The molecule has 1 unspecified atom stereocenters. The first-order chi connectivity index (χ1) is 9.84. The van der Waals surface area contributed by atoms with Gasteiger partial charge >= 0.3 is 0 Å². The second-order valence-corrected chi connectivity index (χ2v) is 4.54. The molecule has 21 heavy (non-hydrogen) atoms. The lowest BCUT2D eigenvalue weighted by atomic mass is 10.0. The predicted molar refractivity (Wildman–Crippen MR) is 66.1 cm³/mol. The van der Waals surface area contributed by atoms with Crippen LogP contribution in [0.5, 0.6) is 0 Å². The van der Waals surface area contributed by atoms with E-state index in [-0.39, 0.29) is 5.69 Å². The molecule has 0 saturated heterocycles. The van der Waals surface area contributed by atoms with Crippen LogP contribution in [-0.2, 0) is 11.3 Å². The summed E-state index contributed by atoms with van der Waals surface area (Å²) in [6.45, 7) is 0.